The molecule has 0 radical (unpaired) electrons. The molecule has 9 heteroatoms. The number of benzene rings is 2. The van der Waals surface area contributed by atoms with Crippen LogP contribution in [-0.4, -0.2) is 28.4 Å². The third-order valence-corrected chi connectivity index (χ3v) is 6.06. The van der Waals surface area contributed by atoms with Crippen LogP contribution in [0.25, 0.3) is 0 Å². The van der Waals surface area contributed by atoms with Crippen LogP contribution in [0.3, 0.4) is 0 Å². The number of amides is 1. The van der Waals surface area contributed by atoms with Crippen LogP contribution >= 0.6 is 23.1 Å². The Morgan fingerprint density at radius 1 is 1.23 bits per heavy atom. The average Bonchev–Trinajstić information content (AvgIpc) is 3.15. The molecule has 0 bridgehead atoms. The topological polar surface area (TPSA) is 81.9 Å². The predicted octanol–water partition coefficient (Wildman–Crippen LogP) is 5.08. The standard InChI is InChI=1S/C21H20FN5OS2/c1-14-10-15(2)12-16(11-14)27(9-5-8-23)19(28)13-29-21-26-25-20(30-21)24-18-7-4-3-6-17(18)22/h3-4,6-7,10-12H,5,9,13H2,1-2H3,(H,24,25). The first-order valence-corrected chi connectivity index (χ1v) is 11.0. The van der Waals surface area contributed by atoms with Crippen LogP contribution < -0.4 is 10.2 Å². The molecule has 0 saturated carbocycles. The van der Waals surface area contributed by atoms with E-state index in [1.54, 1.807) is 23.1 Å². The number of nitriles is 1. The molecule has 1 heterocycles. The lowest BCUT2D eigenvalue weighted by atomic mass is 10.1. The van der Waals surface area contributed by atoms with Crippen molar-refractivity contribution in [2.24, 2.45) is 0 Å². The molecule has 1 aromatic heterocycles. The first-order valence-electron chi connectivity index (χ1n) is 9.19. The van der Waals surface area contributed by atoms with E-state index in [1.807, 2.05) is 32.0 Å². The van der Waals surface area contributed by atoms with Crippen molar-refractivity contribution in [2.75, 3.05) is 22.5 Å². The molecule has 0 saturated heterocycles. The van der Waals surface area contributed by atoms with Gasteiger partial charge in [0.1, 0.15) is 5.82 Å². The molecule has 0 aliphatic heterocycles. The van der Waals surface area contributed by atoms with Gasteiger partial charge in [0.2, 0.25) is 11.0 Å². The number of nitrogens with one attached hydrogen (secondary N) is 1. The Morgan fingerprint density at radius 3 is 2.67 bits per heavy atom. The van der Waals surface area contributed by atoms with Crippen LogP contribution in [0.15, 0.2) is 46.8 Å². The van der Waals surface area contributed by atoms with E-state index in [0.717, 1.165) is 16.8 Å². The number of carbonyl (C=O) groups is 1. The lowest BCUT2D eigenvalue weighted by Crippen LogP contribution is -2.33. The van der Waals surface area contributed by atoms with E-state index in [9.17, 15) is 9.18 Å². The van der Waals surface area contributed by atoms with Gasteiger partial charge < -0.3 is 10.2 Å². The van der Waals surface area contributed by atoms with Gasteiger partial charge in [-0.25, -0.2) is 4.39 Å². The number of carbonyl (C=O) groups excluding carboxylic acids is 1. The van der Waals surface area contributed by atoms with E-state index in [2.05, 4.69) is 21.6 Å². The predicted molar refractivity (Wildman–Crippen MR) is 119 cm³/mol. The van der Waals surface area contributed by atoms with Crippen LogP contribution in [-0.2, 0) is 4.79 Å². The average molecular weight is 442 g/mol. The van der Waals surface area contributed by atoms with Gasteiger partial charge >= 0.3 is 0 Å². The Hall–Kier alpha value is -2.96. The number of hydrogen-bond acceptors (Lipinski definition) is 7. The summed E-state index contributed by atoms with van der Waals surface area (Å²) in [4.78, 5) is 14.5. The Kier molecular flexibility index (Phi) is 7.38. The van der Waals surface area contributed by atoms with Crippen molar-refractivity contribution in [2.45, 2.75) is 24.6 Å². The second kappa shape index (κ2) is 10.2. The van der Waals surface area contributed by atoms with Crippen molar-refractivity contribution >= 4 is 45.5 Å². The Morgan fingerprint density at radius 2 is 1.97 bits per heavy atom. The maximum Gasteiger partial charge on any atom is 0.237 e. The van der Waals surface area contributed by atoms with Gasteiger partial charge in [-0.1, -0.05) is 41.3 Å². The van der Waals surface area contributed by atoms with Crippen molar-refractivity contribution in [3.05, 3.63) is 59.4 Å². The monoisotopic (exact) mass is 441 g/mol. The van der Waals surface area contributed by atoms with Gasteiger partial charge in [-0.15, -0.1) is 10.2 Å². The molecular formula is C21H20FN5OS2. The highest BCUT2D eigenvalue weighted by atomic mass is 32.2. The van der Waals surface area contributed by atoms with Crippen molar-refractivity contribution < 1.29 is 9.18 Å². The fraction of sp³-hybridized carbons (Fsp3) is 0.238. The first kappa shape index (κ1) is 21.7. The largest absolute Gasteiger partial charge is 0.328 e. The van der Waals surface area contributed by atoms with E-state index in [4.69, 9.17) is 5.26 Å². The molecule has 0 aliphatic rings. The van der Waals surface area contributed by atoms with Gasteiger partial charge in [0.25, 0.3) is 0 Å². The van der Waals surface area contributed by atoms with Crippen LogP contribution in [0.1, 0.15) is 17.5 Å². The second-order valence-electron chi connectivity index (χ2n) is 6.57. The number of aryl methyl sites for hydroxylation is 2. The molecule has 30 heavy (non-hydrogen) atoms. The fourth-order valence-electron chi connectivity index (χ4n) is 2.86. The summed E-state index contributed by atoms with van der Waals surface area (Å²) in [7, 11) is 0. The normalized spacial score (nSPS) is 10.5. The van der Waals surface area contributed by atoms with Gasteiger partial charge in [0, 0.05) is 12.2 Å². The van der Waals surface area contributed by atoms with Gasteiger partial charge in [-0.05, 0) is 49.2 Å². The summed E-state index contributed by atoms with van der Waals surface area (Å²) in [5.41, 5.74) is 3.21. The molecule has 1 N–H and O–H groups in total. The Bertz CT molecular complexity index is 1060. The minimum absolute atomic E-state index is 0.112. The first-order chi connectivity index (χ1) is 14.5. The minimum atomic E-state index is -0.376. The smallest absolute Gasteiger partial charge is 0.237 e. The number of aromatic nitrogens is 2. The van der Waals surface area contributed by atoms with E-state index in [1.165, 1.54) is 29.2 Å². The fourth-order valence-corrected chi connectivity index (χ4v) is 4.50. The third-order valence-electron chi connectivity index (χ3n) is 4.11. The molecule has 3 aromatic rings. The highest BCUT2D eigenvalue weighted by Gasteiger charge is 2.18. The number of nitrogens with zero attached hydrogens (tertiary/aromatic N) is 4. The third kappa shape index (κ3) is 5.78. The van der Waals surface area contributed by atoms with Crippen LogP contribution in [0.2, 0.25) is 0 Å². The molecule has 0 fully saturated rings. The number of rotatable bonds is 8. The van der Waals surface area contributed by atoms with Gasteiger partial charge in [0.15, 0.2) is 4.34 Å². The molecule has 1 amide bonds. The molecule has 2 aromatic carbocycles. The quantitative estimate of drug-likeness (QED) is 0.491. The number of hydrogen-bond donors (Lipinski definition) is 1. The van der Waals surface area contributed by atoms with Gasteiger partial charge in [-0.3, -0.25) is 4.79 Å². The van der Waals surface area contributed by atoms with Crippen LogP contribution in [0.4, 0.5) is 20.9 Å². The Balaban J connectivity index is 1.66. The van der Waals surface area contributed by atoms with Crippen molar-refractivity contribution in [1.29, 1.82) is 5.26 Å². The van der Waals surface area contributed by atoms with E-state index in [-0.39, 0.29) is 23.9 Å². The molecule has 3 rings (SSSR count). The van der Waals surface area contributed by atoms with Gasteiger partial charge in [0.05, 0.1) is 23.9 Å². The second-order valence-corrected chi connectivity index (χ2v) is 8.77. The molecule has 0 unspecified atom stereocenters. The zero-order valence-corrected chi connectivity index (χ0v) is 18.2. The SMILES string of the molecule is Cc1cc(C)cc(N(CCC#N)C(=O)CSc2nnc(Nc3ccccc3F)s2)c1. The summed E-state index contributed by atoms with van der Waals surface area (Å²) >= 11 is 2.51. The van der Waals surface area contributed by atoms with Crippen molar-refractivity contribution in [1.82, 2.24) is 10.2 Å². The summed E-state index contributed by atoms with van der Waals surface area (Å²) in [6.07, 6.45) is 0.249. The summed E-state index contributed by atoms with van der Waals surface area (Å²) in [6, 6.07) is 14.3. The maximum atomic E-state index is 13.8. The minimum Gasteiger partial charge on any atom is -0.328 e. The zero-order valence-electron chi connectivity index (χ0n) is 16.6. The molecule has 0 spiro atoms. The maximum absolute atomic E-state index is 13.8. The number of halogens is 1. The highest BCUT2D eigenvalue weighted by Crippen LogP contribution is 2.29. The van der Waals surface area contributed by atoms with Crippen LogP contribution in [0, 0.1) is 31.0 Å². The van der Waals surface area contributed by atoms with E-state index >= 15 is 0 Å². The van der Waals surface area contributed by atoms with E-state index < -0.39 is 0 Å². The Labute approximate surface area is 182 Å². The number of para-hydroxylation sites is 1. The van der Waals surface area contributed by atoms with Crippen molar-refractivity contribution in [3.63, 3.8) is 0 Å². The lowest BCUT2D eigenvalue weighted by Gasteiger charge is -2.22. The summed E-state index contributed by atoms with van der Waals surface area (Å²) < 4.78 is 14.4. The molecular weight excluding hydrogens is 421 g/mol. The highest BCUT2D eigenvalue weighted by molar-refractivity contribution is 8.01. The summed E-state index contributed by atoms with van der Waals surface area (Å²) in [5, 5.41) is 20.4. The molecule has 0 aliphatic carbocycles. The zero-order chi connectivity index (χ0) is 21.5. The number of thioether (sulfide) groups is 1. The summed E-state index contributed by atoms with van der Waals surface area (Å²) in [6.45, 7) is 4.28. The van der Waals surface area contributed by atoms with Gasteiger partial charge in [-0.2, -0.15) is 5.26 Å². The van der Waals surface area contributed by atoms with Crippen LogP contribution in [0.5, 0.6) is 0 Å². The lowest BCUT2D eigenvalue weighted by molar-refractivity contribution is -0.116. The van der Waals surface area contributed by atoms with E-state index in [0.29, 0.717) is 21.7 Å². The number of anilines is 3. The summed E-state index contributed by atoms with van der Waals surface area (Å²) in [5.74, 6) is -0.329. The molecule has 6 nitrogen and oxygen atoms in total. The van der Waals surface area contributed by atoms with Crippen molar-refractivity contribution in [3.8, 4) is 6.07 Å². The molecule has 154 valence electrons. The molecule has 0 atom stereocenters.